The number of benzene rings is 1. The average Bonchev–Trinajstić information content (AvgIpc) is 2.19. The van der Waals surface area contributed by atoms with Crippen molar-refractivity contribution in [3.8, 4) is 0 Å². The third-order valence-corrected chi connectivity index (χ3v) is 2.32. The minimum Gasteiger partial charge on any atom is -0.393 e. The number of aliphatic hydroxyl groups is 1. The van der Waals surface area contributed by atoms with Gasteiger partial charge in [0.1, 0.15) is 0 Å². The van der Waals surface area contributed by atoms with Crippen molar-refractivity contribution in [2.24, 2.45) is 5.92 Å². The van der Waals surface area contributed by atoms with Crippen LogP contribution in [0.15, 0.2) is 30.3 Å². The largest absolute Gasteiger partial charge is 0.393 e. The lowest BCUT2D eigenvalue weighted by Crippen LogP contribution is -2.18. The Labute approximate surface area is 85.5 Å². The van der Waals surface area contributed by atoms with Gasteiger partial charge in [0.05, 0.1) is 19.3 Å². The van der Waals surface area contributed by atoms with Gasteiger partial charge in [0, 0.05) is 5.92 Å². The lowest BCUT2D eigenvalue weighted by molar-refractivity contribution is 0.0367. The molecule has 78 valence electrons. The molecule has 1 aromatic carbocycles. The predicted molar refractivity (Wildman–Crippen MR) is 56.9 cm³/mol. The first-order chi connectivity index (χ1) is 6.70. The first-order valence-electron chi connectivity index (χ1n) is 5.00. The van der Waals surface area contributed by atoms with E-state index >= 15 is 0 Å². The summed E-state index contributed by atoms with van der Waals surface area (Å²) in [5, 5.41) is 9.24. The third-order valence-electron chi connectivity index (χ3n) is 2.32. The lowest BCUT2D eigenvalue weighted by Gasteiger charge is -2.14. The number of ether oxygens (including phenoxy) is 1. The summed E-state index contributed by atoms with van der Waals surface area (Å²) >= 11 is 0. The highest BCUT2D eigenvalue weighted by atomic mass is 16.5. The number of rotatable bonds is 5. The van der Waals surface area contributed by atoms with E-state index < -0.39 is 0 Å². The van der Waals surface area contributed by atoms with E-state index in [1.807, 2.05) is 37.3 Å². The minimum atomic E-state index is -0.300. The molecular formula is C12H18O2. The Hall–Kier alpha value is -0.860. The van der Waals surface area contributed by atoms with Crippen molar-refractivity contribution >= 4 is 0 Å². The van der Waals surface area contributed by atoms with Crippen molar-refractivity contribution in [2.45, 2.75) is 26.6 Å². The van der Waals surface area contributed by atoms with Crippen LogP contribution in [-0.2, 0) is 11.3 Å². The monoisotopic (exact) mass is 194 g/mol. The van der Waals surface area contributed by atoms with Gasteiger partial charge in [0.25, 0.3) is 0 Å². The number of aliphatic hydroxyl groups excluding tert-OH is 1. The van der Waals surface area contributed by atoms with Crippen molar-refractivity contribution in [1.29, 1.82) is 0 Å². The zero-order valence-corrected chi connectivity index (χ0v) is 8.81. The Kier molecular flexibility index (Phi) is 4.63. The van der Waals surface area contributed by atoms with E-state index in [0.29, 0.717) is 13.2 Å². The lowest BCUT2D eigenvalue weighted by atomic mass is 10.1. The Morgan fingerprint density at radius 3 is 2.43 bits per heavy atom. The molecule has 0 aromatic heterocycles. The molecule has 0 saturated heterocycles. The second-order valence-corrected chi connectivity index (χ2v) is 3.72. The second-order valence-electron chi connectivity index (χ2n) is 3.72. The summed E-state index contributed by atoms with van der Waals surface area (Å²) in [4.78, 5) is 0. The normalized spacial score (nSPS) is 15.1. The van der Waals surface area contributed by atoms with E-state index in [4.69, 9.17) is 4.74 Å². The third kappa shape index (κ3) is 3.90. The Bertz CT molecular complexity index is 244. The highest BCUT2D eigenvalue weighted by molar-refractivity contribution is 5.13. The van der Waals surface area contributed by atoms with Crippen LogP contribution in [-0.4, -0.2) is 17.8 Å². The SMILES string of the molecule is CC(O)[C@@H](C)COCc1ccccc1. The Morgan fingerprint density at radius 1 is 1.21 bits per heavy atom. The molecule has 0 amide bonds. The molecule has 0 spiro atoms. The van der Waals surface area contributed by atoms with Crippen LogP contribution >= 0.6 is 0 Å². The maximum absolute atomic E-state index is 9.24. The summed E-state index contributed by atoms with van der Waals surface area (Å²) in [7, 11) is 0. The van der Waals surface area contributed by atoms with Crippen molar-refractivity contribution < 1.29 is 9.84 Å². The molecule has 0 aliphatic heterocycles. The van der Waals surface area contributed by atoms with Gasteiger partial charge >= 0.3 is 0 Å². The zero-order valence-electron chi connectivity index (χ0n) is 8.81. The molecule has 1 aromatic rings. The van der Waals surface area contributed by atoms with E-state index in [1.54, 1.807) is 6.92 Å². The molecular weight excluding hydrogens is 176 g/mol. The van der Waals surface area contributed by atoms with Crippen LogP contribution in [0.5, 0.6) is 0 Å². The molecule has 0 aliphatic carbocycles. The van der Waals surface area contributed by atoms with Gasteiger partial charge in [-0.3, -0.25) is 0 Å². The van der Waals surface area contributed by atoms with Gasteiger partial charge in [-0.1, -0.05) is 37.3 Å². The molecule has 2 atom stereocenters. The van der Waals surface area contributed by atoms with E-state index in [1.165, 1.54) is 5.56 Å². The summed E-state index contributed by atoms with van der Waals surface area (Å²) in [5.41, 5.74) is 1.17. The molecule has 0 heterocycles. The van der Waals surface area contributed by atoms with E-state index in [9.17, 15) is 5.11 Å². The molecule has 1 rings (SSSR count). The van der Waals surface area contributed by atoms with Crippen LogP contribution in [0.2, 0.25) is 0 Å². The molecule has 1 N–H and O–H groups in total. The van der Waals surface area contributed by atoms with E-state index in [0.717, 1.165) is 0 Å². The maximum atomic E-state index is 9.24. The fraction of sp³-hybridized carbons (Fsp3) is 0.500. The summed E-state index contributed by atoms with van der Waals surface area (Å²) < 4.78 is 5.48. The molecule has 0 radical (unpaired) electrons. The summed E-state index contributed by atoms with van der Waals surface area (Å²) in [6, 6.07) is 10.1. The van der Waals surface area contributed by atoms with Crippen molar-refractivity contribution in [3.63, 3.8) is 0 Å². The van der Waals surface area contributed by atoms with Crippen molar-refractivity contribution in [1.82, 2.24) is 0 Å². The standard InChI is InChI=1S/C12H18O2/c1-10(11(2)13)8-14-9-12-6-4-3-5-7-12/h3-7,10-11,13H,8-9H2,1-2H3/t10-,11?/m0/s1. The van der Waals surface area contributed by atoms with Gasteiger partial charge in [0.2, 0.25) is 0 Å². The van der Waals surface area contributed by atoms with Crippen molar-refractivity contribution in [2.75, 3.05) is 6.61 Å². The van der Waals surface area contributed by atoms with Gasteiger partial charge < -0.3 is 9.84 Å². The van der Waals surface area contributed by atoms with Crippen LogP contribution in [0.3, 0.4) is 0 Å². The van der Waals surface area contributed by atoms with Crippen LogP contribution < -0.4 is 0 Å². The topological polar surface area (TPSA) is 29.5 Å². The van der Waals surface area contributed by atoms with Gasteiger partial charge in [-0.2, -0.15) is 0 Å². The maximum Gasteiger partial charge on any atom is 0.0717 e. The van der Waals surface area contributed by atoms with E-state index in [-0.39, 0.29) is 12.0 Å². The van der Waals surface area contributed by atoms with Gasteiger partial charge in [-0.15, -0.1) is 0 Å². The summed E-state index contributed by atoms with van der Waals surface area (Å²) in [5.74, 6) is 0.193. The first-order valence-corrected chi connectivity index (χ1v) is 5.00. The molecule has 0 aliphatic rings. The first kappa shape index (κ1) is 11.2. The van der Waals surface area contributed by atoms with Gasteiger partial charge in [0.15, 0.2) is 0 Å². The minimum absolute atomic E-state index is 0.193. The molecule has 2 heteroatoms. The summed E-state index contributed by atoms with van der Waals surface area (Å²) in [6.45, 7) is 5.00. The highest BCUT2D eigenvalue weighted by Gasteiger charge is 2.08. The zero-order chi connectivity index (χ0) is 10.4. The second kappa shape index (κ2) is 5.78. The molecule has 0 saturated carbocycles. The number of hydrogen-bond donors (Lipinski definition) is 1. The molecule has 0 fully saturated rings. The Morgan fingerprint density at radius 2 is 1.86 bits per heavy atom. The highest BCUT2D eigenvalue weighted by Crippen LogP contribution is 2.05. The van der Waals surface area contributed by atoms with Gasteiger partial charge in [-0.05, 0) is 12.5 Å². The van der Waals surface area contributed by atoms with Crippen molar-refractivity contribution in [3.05, 3.63) is 35.9 Å². The molecule has 0 bridgehead atoms. The Balaban J connectivity index is 2.22. The van der Waals surface area contributed by atoms with Crippen LogP contribution in [0.4, 0.5) is 0 Å². The predicted octanol–water partition coefficient (Wildman–Crippen LogP) is 2.22. The fourth-order valence-corrected chi connectivity index (χ4v) is 1.08. The quantitative estimate of drug-likeness (QED) is 0.778. The van der Waals surface area contributed by atoms with E-state index in [2.05, 4.69) is 0 Å². The fourth-order valence-electron chi connectivity index (χ4n) is 1.08. The van der Waals surface area contributed by atoms with Crippen LogP contribution in [0, 0.1) is 5.92 Å². The summed E-state index contributed by atoms with van der Waals surface area (Å²) in [6.07, 6.45) is -0.300. The molecule has 2 nitrogen and oxygen atoms in total. The van der Waals surface area contributed by atoms with Gasteiger partial charge in [-0.25, -0.2) is 0 Å². The van der Waals surface area contributed by atoms with Crippen LogP contribution in [0.1, 0.15) is 19.4 Å². The smallest absolute Gasteiger partial charge is 0.0717 e. The molecule has 14 heavy (non-hydrogen) atoms. The van der Waals surface area contributed by atoms with Crippen LogP contribution in [0.25, 0.3) is 0 Å². The number of hydrogen-bond acceptors (Lipinski definition) is 2. The molecule has 1 unspecified atom stereocenters. The average molecular weight is 194 g/mol.